The highest BCUT2D eigenvalue weighted by Gasteiger charge is 2.30. The first kappa shape index (κ1) is 26.5. The number of unbranched alkanes of at least 4 members (excludes halogenated alkanes) is 6. The molecule has 0 atom stereocenters. The van der Waals surface area contributed by atoms with Crippen LogP contribution in [0.3, 0.4) is 0 Å². The van der Waals surface area contributed by atoms with Crippen molar-refractivity contribution in [2.75, 3.05) is 39.0 Å². The van der Waals surface area contributed by atoms with Crippen molar-refractivity contribution in [2.24, 2.45) is 0 Å². The molecule has 0 bridgehead atoms. The van der Waals surface area contributed by atoms with E-state index in [1.54, 1.807) is 14.2 Å². The first-order valence-electron chi connectivity index (χ1n) is 14.5. The summed E-state index contributed by atoms with van der Waals surface area (Å²) in [5.41, 5.74) is 4.98. The van der Waals surface area contributed by atoms with Crippen LogP contribution >= 0.6 is 0 Å². The van der Waals surface area contributed by atoms with Gasteiger partial charge in [-0.05, 0) is 30.5 Å². The Morgan fingerprint density at radius 2 is 1.53 bits per heavy atom. The summed E-state index contributed by atoms with van der Waals surface area (Å²) in [5, 5.41) is 2.31. The van der Waals surface area contributed by atoms with E-state index in [1.165, 1.54) is 79.3 Å². The van der Waals surface area contributed by atoms with Crippen molar-refractivity contribution < 1.29 is 23.5 Å². The molecule has 2 aromatic carbocycles. The number of aryl methyl sites for hydroxylation is 2. The molecule has 2 aliphatic heterocycles. The van der Waals surface area contributed by atoms with E-state index >= 15 is 0 Å². The molecule has 1 aromatic heterocycles. The largest absolute Gasteiger partial charge is 0.493 e. The Balaban J connectivity index is 1.63. The number of hydrogen-bond acceptors (Lipinski definition) is 5. The lowest BCUT2D eigenvalue weighted by Gasteiger charge is -2.28. The van der Waals surface area contributed by atoms with E-state index in [4.69, 9.17) is 18.9 Å². The number of nitrogens with zero attached hydrogens (tertiary/aromatic N) is 2. The predicted molar refractivity (Wildman–Crippen MR) is 153 cm³/mol. The summed E-state index contributed by atoms with van der Waals surface area (Å²) in [6.45, 7) is 7.85. The fourth-order valence-electron chi connectivity index (χ4n) is 5.91. The van der Waals surface area contributed by atoms with Crippen LogP contribution in [0.25, 0.3) is 22.0 Å². The summed E-state index contributed by atoms with van der Waals surface area (Å²) in [6.07, 6.45) is 13.2. The van der Waals surface area contributed by atoms with E-state index < -0.39 is 0 Å². The van der Waals surface area contributed by atoms with Gasteiger partial charge >= 0.3 is 0 Å². The molecule has 0 unspecified atom stereocenters. The van der Waals surface area contributed by atoms with E-state index in [9.17, 15) is 0 Å². The monoisotopic (exact) mass is 519 g/mol. The van der Waals surface area contributed by atoms with Crippen molar-refractivity contribution >= 4 is 16.5 Å². The maximum absolute atomic E-state index is 5.94. The van der Waals surface area contributed by atoms with Gasteiger partial charge in [0.1, 0.15) is 0 Å². The normalized spacial score (nSPS) is 13.4. The Bertz CT molecular complexity index is 1260. The minimum Gasteiger partial charge on any atom is -0.493 e. The smallest absolute Gasteiger partial charge is 0.231 e. The predicted octanol–water partition coefficient (Wildman–Crippen LogP) is 7.06. The second-order valence-electron chi connectivity index (χ2n) is 10.5. The Kier molecular flexibility index (Phi) is 8.45. The molecule has 0 aliphatic carbocycles. The summed E-state index contributed by atoms with van der Waals surface area (Å²) in [5.74, 6) is 3.28. The van der Waals surface area contributed by atoms with Crippen LogP contribution in [0.15, 0.2) is 30.5 Å². The average molecular weight is 520 g/mol. The van der Waals surface area contributed by atoms with E-state index in [1.807, 2.05) is 0 Å². The van der Waals surface area contributed by atoms with Crippen molar-refractivity contribution in [3.05, 3.63) is 36.0 Å². The summed E-state index contributed by atoms with van der Waals surface area (Å²) < 4.78 is 25.6. The van der Waals surface area contributed by atoms with Crippen LogP contribution in [-0.4, -0.2) is 34.1 Å². The van der Waals surface area contributed by atoms with Gasteiger partial charge in [0.05, 0.1) is 25.2 Å². The standard InChI is InChI=1S/C32H43N2O4/c1-5-7-9-11-14-33(15-12-10-8-6-2)28-20-31(35-3)32(36-4)26-21-34-16-13-23-17-29-30(38-22-37-29)19-24(23)27(34)18-25(26)28/h17-21H,5-16,22H2,1-4H3/q+1. The van der Waals surface area contributed by atoms with Crippen molar-refractivity contribution in [1.82, 2.24) is 0 Å². The van der Waals surface area contributed by atoms with Gasteiger partial charge in [0.15, 0.2) is 35.7 Å². The van der Waals surface area contributed by atoms with E-state index in [2.05, 4.69) is 53.8 Å². The summed E-state index contributed by atoms with van der Waals surface area (Å²) in [6, 6.07) is 8.87. The first-order valence-corrected chi connectivity index (χ1v) is 14.5. The van der Waals surface area contributed by atoms with Crippen LogP contribution in [0.5, 0.6) is 23.0 Å². The molecule has 0 fully saturated rings. The maximum Gasteiger partial charge on any atom is 0.231 e. The number of fused-ring (bicyclic) bond motifs is 5. The molecule has 0 amide bonds. The van der Waals surface area contributed by atoms with E-state index in [-0.39, 0.29) is 0 Å². The van der Waals surface area contributed by atoms with Gasteiger partial charge in [-0.2, -0.15) is 4.57 Å². The highest BCUT2D eigenvalue weighted by molar-refractivity contribution is 6.01. The third-order valence-corrected chi connectivity index (χ3v) is 8.00. The number of ether oxygens (including phenoxy) is 4. The fraction of sp³-hybridized carbons (Fsp3) is 0.531. The highest BCUT2D eigenvalue weighted by Crippen LogP contribution is 2.45. The third kappa shape index (κ3) is 5.23. The maximum atomic E-state index is 5.94. The molecule has 5 rings (SSSR count). The zero-order valence-electron chi connectivity index (χ0n) is 23.6. The van der Waals surface area contributed by atoms with Crippen LogP contribution in [0.4, 0.5) is 5.69 Å². The Morgan fingerprint density at radius 3 is 2.18 bits per heavy atom. The van der Waals surface area contributed by atoms with Crippen LogP contribution in [-0.2, 0) is 13.0 Å². The van der Waals surface area contributed by atoms with Gasteiger partial charge in [-0.3, -0.25) is 0 Å². The molecule has 3 aromatic rings. The summed E-state index contributed by atoms with van der Waals surface area (Å²) in [4.78, 5) is 2.59. The molecule has 6 nitrogen and oxygen atoms in total. The quantitative estimate of drug-likeness (QED) is 0.179. The number of methoxy groups -OCH3 is 2. The minimum atomic E-state index is 0.294. The molecule has 204 valence electrons. The molecule has 6 heteroatoms. The second kappa shape index (κ2) is 12.1. The van der Waals surface area contributed by atoms with Crippen molar-refractivity contribution in [2.45, 2.75) is 78.2 Å². The zero-order chi connectivity index (χ0) is 26.5. The highest BCUT2D eigenvalue weighted by atomic mass is 16.7. The average Bonchev–Trinajstić information content (AvgIpc) is 3.41. The lowest BCUT2D eigenvalue weighted by Crippen LogP contribution is -2.40. The van der Waals surface area contributed by atoms with Gasteiger partial charge in [0.25, 0.3) is 0 Å². The molecule has 0 saturated heterocycles. The van der Waals surface area contributed by atoms with Crippen LogP contribution in [0.1, 0.15) is 70.8 Å². The van der Waals surface area contributed by atoms with Gasteiger partial charge in [-0.25, -0.2) is 0 Å². The number of pyridine rings is 1. The van der Waals surface area contributed by atoms with E-state index in [0.29, 0.717) is 6.79 Å². The van der Waals surface area contributed by atoms with Crippen LogP contribution < -0.4 is 28.4 Å². The third-order valence-electron chi connectivity index (χ3n) is 8.00. The molecule has 3 heterocycles. The number of aromatic nitrogens is 1. The first-order chi connectivity index (χ1) is 18.7. The molecule has 0 N–H and O–H groups in total. The topological polar surface area (TPSA) is 44.0 Å². The van der Waals surface area contributed by atoms with Crippen LogP contribution in [0.2, 0.25) is 0 Å². The number of anilines is 1. The van der Waals surface area contributed by atoms with Gasteiger partial charge in [0, 0.05) is 42.7 Å². The second-order valence-corrected chi connectivity index (χ2v) is 10.5. The minimum absolute atomic E-state index is 0.294. The summed E-state index contributed by atoms with van der Waals surface area (Å²) in [7, 11) is 3.48. The Hall–Kier alpha value is -3.15. The molecule has 0 saturated carbocycles. The summed E-state index contributed by atoms with van der Waals surface area (Å²) >= 11 is 0. The van der Waals surface area contributed by atoms with E-state index in [0.717, 1.165) is 54.4 Å². The SMILES string of the molecule is CCCCCCN(CCCCCC)c1cc(OC)c(OC)c2c[n+]3c(cc12)-c1cc2c(cc1CC3)OCO2. The zero-order valence-corrected chi connectivity index (χ0v) is 23.6. The molecular formula is C32H43N2O4+. The Morgan fingerprint density at radius 1 is 0.816 bits per heavy atom. The van der Waals surface area contributed by atoms with Gasteiger partial charge < -0.3 is 23.8 Å². The fourth-order valence-corrected chi connectivity index (χ4v) is 5.91. The molecule has 0 radical (unpaired) electrons. The van der Waals surface area contributed by atoms with Gasteiger partial charge in [-0.15, -0.1) is 0 Å². The number of benzene rings is 2. The number of rotatable bonds is 13. The van der Waals surface area contributed by atoms with Crippen molar-refractivity contribution in [3.63, 3.8) is 0 Å². The van der Waals surface area contributed by atoms with Gasteiger partial charge in [-0.1, -0.05) is 52.4 Å². The lowest BCUT2D eigenvalue weighted by molar-refractivity contribution is -0.686. The lowest BCUT2D eigenvalue weighted by atomic mass is 9.94. The number of hydrogen-bond donors (Lipinski definition) is 0. The van der Waals surface area contributed by atoms with Crippen LogP contribution in [0, 0.1) is 0 Å². The molecule has 38 heavy (non-hydrogen) atoms. The molecular weight excluding hydrogens is 476 g/mol. The van der Waals surface area contributed by atoms with Crippen molar-refractivity contribution in [3.8, 4) is 34.3 Å². The molecule has 0 spiro atoms. The van der Waals surface area contributed by atoms with Crippen molar-refractivity contribution in [1.29, 1.82) is 0 Å². The van der Waals surface area contributed by atoms with Gasteiger partial charge in [0.2, 0.25) is 12.5 Å². The Labute approximate surface area is 227 Å². The molecule has 2 aliphatic rings.